The molecule has 1 aromatic carbocycles. The number of hydrogen-bond acceptors (Lipinski definition) is 5. The summed E-state index contributed by atoms with van der Waals surface area (Å²) >= 11 is 0. The highest BCUT2D eigenvalue weighted by molar-refractivity contribution is 7.90. The zero-order valence-electron chi connectivity index (χ0n) is 12.7. The Morgan fingerprint density at radius 3 is 2.59 bits per heavy atom. The Hall–Kier alpha value is -1.60. The van der Waals surface area contributed by atoms with Gasteiger partial charge in [0.05, 0.1) is 11.5 Å². The number of nitrogens with two attached hydrogens (primary N) is 1. The van der Waals surface area contributed by atoms with Crippen LogP contribution in [0.25, 0.3) is 0 Å². The Balaban J connectivity index is 1.71. The molecule has 0 aromatic heterocycles. The van der Waals surface area contributed by atoms with E-state index in [0.717, 1.165) is 13.0 Å². The number of ether oxygens (including phenoxy) is 1. The zero-order valence-corrected chi connectivity index (χ0v) is 13.5. The van der Waals surface area contributed by atoms with E-state index in [1.807, 2.05) is 0 Å². The predicted molar refractivity (Wildman–Crippen MR) is 83.5 cm³/mol. The van der Waals surface area contributed by atoms with Crippen molar-refractivity contribution in [2.24, 2.45) is 5.73 Å². The Kier molecular flexibility index (Phi) is 5.42. The van der Waals surface area contributed by atoms with E-state index in [2.05, 4.69) is 0 Å². The maximum absolute atomic E-state index is 11.9. The molecule has 0 radical (unpaired) electrons. The van der Waals surface area contributed by atoms with Crippen LogP contribution < -0.4 is 10.5 Å². The highest BCUT2D eigenvalue weighted by Gasteiger charge is 2.22. The molecule has 1 aromatic rings. The number of amides is 1. The summed E-state index contributed by atoms with van der Waals surface area (Å²) in [5.74, 6) is 0.715. The van der Waals surface area contributed by atoms with Crippen molar-refractivity contribution in [2.75, 3.05) is 26.0 Å². The van der Waals surface area contributed by atoms with Crippen molar-refractivity contribution < 1.29 is 17.9 Å². The van der Waals surface area contributed by atoms with Crippen LogP contribution in [0.2, 0.25) is 0 Å². The molecule has 0 spiro atoms. The number of carbonyl (C=O) groups excluding carboxylic acids is 1. The molecule has 122 valence electrons. The fourth-order valence-electron chi connectivity index (χ4n) is 2.37. The van der Waals surface area contributed by atoms with Crippen molar-refractivity contribution in [1.82, 2.24) is 4.90 Å². The Morgan fingerprint density at radius 2 is 2.05 bits per heavy atom. The molecular weight excluding hydrogens is 304 g/mol. The van der Waals surface area contributed by atoms with Crippen LogP contribution in [0.15, 0.2) is 29.2 Å². The zero-order chi connectivity index (χ0) is 16.2. The Bertz CT molecular complexity index is 613. The quantitative estimate of drug-likeness (QED) is 0.781. The lowest BCUT2D eigenvalue weighted by Gasteiger charge is -2.15. The van der Waals surface area contributed by atoms with Crippen molar-refractivity contribution in [3.8, 4) is 5.75 Å². The first kappa shape index (κ1) is 16.8. The molecule has 1 saturated heterocycles. The third-order valence-electron chi connectivity index (χ3n) is 3.63. The second-order valence-corrected chi connectivity index (χ2v) is 7.60. The van der Waals surface area contributed by atoms with Crippen LogP contribution in [-0.4, -0.2) is 51.2 Å². The summed E-state index contributed by atoms with van der Waals surface area (Å²) in [6.07, 6.45) is 3.10. The van der Waals surface area contributed by atoms with Gasteiger partial charge in [0.2, 0.25) is 5.91 Å². The highest BCUT2D eigenvalue weighted by atomic mass is 32.2. The summed E-state index contributed by atoms with van der Waals surface area (Å²) in [7, 11) is -3.19. The fraction of sp³-hybridized carbons (Fsp3) is 0.533. The van der Waals surface area contributed by atoms with Gasteiger partial charge in [-0.3, -0.25) is 4.79 Å². The van der Waals surface area contributed by atoms with Gasteiger partial charge in [-0.25, -0.2) is 8.42 Å². The van der Waals surface area contributed by atoms with Crippen molar-refractivity contribution >= 4 is 15.7 Å². The standard InChI is InChI=1S/C15H22N2O4S/c1-22(19,20)14-6-4-13(5-7-14)21-10-2-3-15(18)17-9-8-12(16)11-17/h4-7,12H,2-3,8-11,16H2,1H3/t12-/m1/s1. The van der Waals surface area contributed by atoms with E-state index in [0.29, 0.717) is 31.7 Å². The van der Waals surface area contributed by atoms with Gasteiger partial charge in [0.15, 0.2) is 9.84 Å². The van der Waals surface area contributed by atoms with Gasteiger partial charge in [-0.2, -0.15) is 0 Å². The lowest BCUT2D eigenvalue weighted by Crippen LogP contribution is -2.31. The maximum atomic E-state index is 11.9. The summed E-state index contributed by atoms with van der Waals surface area (Å²) < 4.78 is 28.2. The lowest BCUT2D eigenvalue weighted by atomic mass is 10.3. The van der Waals surface area contributed by atoms with E-state index in [1.54, 1.807) is 17.0 Å². The minimum atomic E-state index is -3.19. The van der Waals surface area contributed by atoms with Crippen molar-refractivity contribution in [2.45, 2.75) is 30.2 Å². The third kappa shape index (κ3) is 4.71. The molecule has 0 unspecified atom stereocenters. The van der Waals surface area contributed by atoms with E-state index in [4.69, 9.17) is 10.5 Å². The van der Waals surface area contributed by atoms with Gasteiger partial charge in [-0.1, -0.05) is 0 Å². The molecule has 1 heterocycles. The predicted octanol–water partition coefficient (Wildman–Crippen LogP) is 0.809. The largest absolute Gasteiger partial charge is 0.494 e. The number of benzene rings is 1. The molecule has 1 amide bonds. The van der Waals surface area contributed by atoms with Crippen LogP contribution in [-0.2, 0) is 14.6 Å². The van der Waals surface area contributed by atoms with E-state index in [9.17, 15) is 13.2 Å². The molecule has 6 nitrogen and oxygen atoms in total. The maximum Gasteiger partial charge on any atom is 0.222 e. The first-order valence-electron chi connectivity index (χ1n) is 7.32. The second kappa shape index (κ2) is 7.11. The topological polar surface area (TPSA) is 89.7 Å². The first-order chi connectivity index (χ1) is 10.4. The number of sulfone groups is 1. The molecule has 1 atom stereocenters. The number of hydrogen-bond donors (Lipinski definition) is 1. The van der Waals surface area contributed by atoms with Crippen molar-refractivity contribution in [3.63, 3.8) is 0 Å². The molecule has 0 saturated carbocycles. The molecule has 22 heavy (non-hydrogen) atoms. The minimum absolute atomic E-state index is 0.105. The average molecular weight is 326 g/mol. The molecular formula is C15H22N2O4S. The summed E-state index contributed by atoms with van der Waals surface area (Å²) in [5, 5.41) is 0. The van der Waals surface area contributed by atoms with Gasteiger partial charge in [0, 0.05) is 31.8 Å². The number of nitrogens with zero attached hydrogens (tertiary/aromatic N) is 1. The Morgan fingerprint density at radius 1 is 1.36 bits per heavy atom. The second-order valence-electron chi connectivity index (χ2n) is 5.58. The molecule has 2 N–H and O–H groups in total. The average Bonchev–Trinajstić information content (AvgIpc) is 2.89. The van der Waals surface area contributed by atoms with Gasteiger partial charge >= 0.3 is 0 Å². The van der Waals surface area contributed by atoms with Crippen LogP contribution in [0, 0.1) is 0 Å². The van der Waals surface area contributed by atoms with E-state index in [-0.39, 0.29) is 16.8 Å². The lowest BCUT2D eigenvalue weighted by molar-refractivity contribution is -0.130. The first-order valence-corrected chi connectivity index (χ1v) is 9.21. The van der Waals surface area contributed by atoms with Gasteiger partial charge < -0.3 is 15.4 Å². The molecule has 1 fully saturated rings. The SMILES string of the molecule is CS(=O)(=O)c1ccc(OCCCC(=O)N2CC[C@@H](N)C2)cc1. The summed E-state index contributed by atoms with van der Waals surface area (Å²) in [6.45, 7) is 1.81. The smallest absolute Gasteiger partial charge is 0.222 e. The number of carbonyl (C=O) groups is 1. The van der Waals surface area contributed by atoms with E-state index < -0.39 is 9.84 Å². The summed E-state index contributed by atoms with van der Waals surface area (Å²) in [6, 6.07) is 6.38. The monoisotopic (exact) mass is 326 g/mol. The molecule has 0 bridgehead atoms. The van der Waals surface area contributed by atoms with Crippen LogP contribution in [0.3, 0.4) is 0 Å². The van der Waals surface area contributed by atoms with Crippen molar-refractivity contribution in [3.05, 3.63) is 24.3 Å². The normalized spacial score (nSPS) is 18.5. The van der Waals surface area contributed by atoms with E-state index in [1.165, 1.54) is 18.4 Å². The Labute approximate surface area is 131 Å². The third-order valence-corrected chi connectivity index (χ3v) is 4.76. The van der Waals surface area contributed by atoms with Crippen LogP contribution in [0.1, 0.15) is 19.3 Å². The molecule has 1 aliphatic rings. The molecule has 7 heteroatoms. The van der Waals surface area contributed by atoms with Crippen LogP contribution in [0.5, 0.6) is 5.75 Å². The fourth-order valence-corrected chi connectivity index (χ4v) is 3.00. The summed E-state index contributed by atoms with van der Waals surface area (Å²) in [4.78, 5) is 14.0. The molecule has 1 aliphatic heterocycles. The highest BCUT2D eigenvalue weighted by Crippen LogP contribution is 2.16. The number of rotatable bonds is 6. The van der Waals surface area contributed by atoms with Crippen LogP contribution in [0.4, 0.5) is 0 Å². The van der Waals surface area contributed by atoms with Crippen LogP contribution >= 0.6 is 0 Å². The van der Waals surface area contributed by atoms with Gasteiger partial charge in [-0.05, 0) is 37.1 Å². The minimum Gasteiger partial charge on any atom is -0.494 e. The van der Waals surface area contributed by atoms with Gasteiger partial charge in [0.1, 0.15) is 5.75 Å². The number of likely N-dealkylation sites (tertiary alicyclic amines) is 1. The van der Waals surface area contributed by atoms with Crippen molar-refractivity contribution in [1.29, 1.82) is 0 Å². The van der Waals surface area contributed by atoms with E-state index >= 15 is 0 Å². The van der Waals surface area contributed by atoms with Gasteiger partial charge in [0.25, 0.3) is 0 Å². The molecule has 2 rings (SSSR count). The van der Waals surface area contributed by atoms with Gasteiger partial charge in [-0.15, -0.1) is 0 Å². The summed E-state index contributed by atoms with van der Waals surface area (Å²) in [5.41, 5.74) is 5.78. The molecule has 0 aliphatic carbocycles.